The van der Waals surface area contributed by atoms with Crippen LogP contribution in [0.2, 0.25) is 0 Å². The Balaban J connectivity index is 1.91. The Labute approximate surface area is 106 Å². The van der Waals surface area contributed by atoms with Crippen LogP contribution in [0.25, 0.3) is 0 Å². The fraction of sp³-hybridized carbons (Fsp3) is 0.667. The summed E-state index contributed by atoms with van der Waals surface area (Å²) in [4.78, 5) is 11.5. The second-order valence-electron chi connectivity index (χ2n) is 5.31. The van der Waals surface area contributed by atoms with Gasteiger partial charge in [0.2, 0.25) is 0 Å². The van der Waals surface area contributed by atoms with Crippen molar-refractivity contribution in [3.63, 3.8) is 0 Å². The minimum Gasteiger partial charge on any atom is -0.444 e. The Bertz CT molecular complexity index is 434. The molecule has 100 valence electrons. The first-order chi connectivity index (χ1) is 8.46. The number of fused-ring (bicyclic) bond motifs is 1. The molecule has 0 radical (unpaired) electrons. The predicted molar refractivity (Wildman–Crippen MR) is 65.0 cm³/mol. The van der Waals surface area contributed by atoms with Crippen LogP contribution in [0.4, 0.5) is 4.79 Å². The Morgan fingerprint density at radius 1 is 1.56 bits per heavy atom. The highest BCUT2D eigenvalue weighted by Gasteiger charge is 2.20. The van der Waals surface area contributed by atoms with Crippen LogP contribution in [0.3, 0.4) is 0 Å². The molecule has 0 aliphatic carbocycles. The Hall–Kier alpha value is -1.56. The lowest BCUT2D eigenvalue weighted by Gasteiger charge is -2.19. The average Bonchev–Trinajstić information content (AvgIpc) is 2.67. The zero-order chi connectivity index (χ0) is 13.2. The van der Waals surface area contributed by atoms with Crippen molar-refractivity contribution in [3.8, 4) is 0 Å². The van der Waals surface area contributed by atoms with E-state index in [2.05, 4.69) is 15.8 Å². The first-order valence-corrected chi connectivity index (χ1v) is 6.09. The average molecular weight is 253 g/mol. The first kappa shape index (κ1) is 12.9. The van der Waals surface area contributed by atoms with E-state index in [1.54, 1.807) is 0 Å². The van der Waals surface area contributed by atoms with Gasteiger partial charge < -0.3 is 19.9 Å². The smallest absolute Gasteiger partial charge is 0.407 e. The van der Waals surface area contributed by atoms with Gasteiger partial charge in [-0.1, -0.05) is 5.16 Å². The van der Waals surface area contributed by atoms with Gasteiger partial charge in [0, 0.05) is 25.1 Å². The zero-order valence-corrected chi connectivity index (χ0v) is 11.0. The number of carbonyl (C=O) groups is 1. The number of carbonyl (C=O) groups excluding carboxylic acids is 1. The summed E-state index contributed by atoms with van der Waals surface area (Å²) in [5, 5.41) is 9.91. The van der Waals surface area contributed by atoms with Gasteiger partial charge in [-0.15, -0.1) is 0 Å². The number of rotatable bonds is 2. The highest BCUT2D eigenvalue weighted by Crippen LogP contribution is 2.17. The SMILES string of the molecule is CC(C)(C)OC(=O)NCc1noc2c1CNCC2. The normalized spacial score (nSPS) is 15.1. The molecule has 1 amide bonds. The summed E-state index contributed by atoms with van der Waals surface area (Å²) in [6, 6.07) is 0. The van der Waals surface area contributed by atoms with Gasteiger partial charge in [0.05, 0.1) is 6.54 Å². The van der Waals surface area contributed by atoms with Crippen LogP contribution in [0.5, 0.6) is 0 Å². The van der Waals surface area contributed by atoms with Crippen molar-refractivity contribution in [1.82, 2.24) is 15.8 Å². The summed E-state index contributed by atoms with van der Waals surface area (Å²) in [5.41, 5.74) is 1.33. The number of hydrogen-bond donors (Lipinski definition) is 2. The molecule has 2 N–H and O–H groups in total. The number of aromatic nitrogens is 1. The molecule has 0 unspecified atom stereocenters. The monoisotopic (exact) mass is 253 g/mol. The highest BCUT2D eigenvalue weighted by molar-refractivity contribution is 5.67. The van der Waals surface area contributed by atoms with E-state index in [0.29, 0.717) is 6.54 Å². The number of nitrogens with one attached hydrogen (secondary N) is 2. The van der Waals surface area contributed by atoms with Gasteiger partial charge in [0.15, 0.2) is 0 Å². The van der Waals surface area contributed by atoms with Gasteiger partial charge >= 0.3 is 6.09 Å². The van der Waals surface area contributed by atoms with Crippen molar-refractivity contribution in [2.24, 2.45) is 0 Å². The van der Waals surface area contributed by atoms with Gasteiger partial charge in [0.25, 0.3) is 0 Å². The van der Waals surface area contributed by atoms with Crippen molar-refractivity contribution in [1.29, 1.82) is 0 Å². The second kappa shape index (κ2) is 4.97. The van der Waals surface area contributed by atoms with Gasteiger partial charge in [-0.25, -0.2) is 4.79 Å². The molecule has 1 aromatic rings. The molecule has 1 aliphatic heterocycles. The molecule has 18 heavy (non-hydrogen) atoms. The van der Waals surface area contributed by atoms with E-state index < -0.39 is 11.7 Å². The molecule has 0 spiro atoms. The number of alkyl carbamates (subject to hydrolysis) is 1. The molecule has 0 saturated heterocycles. The molecule has 0 aromatic carbocycles. The molecule has 0 bridgehead atoms. The fourth-order valence-electron chi connectivity index (χ4n) is 1.80. The van der Waals surface area contributed by atoms with E-state index in [0.717, 1.165) is 36.5 Å². The molecule has 1 aliphatic rings. The third kappa shape index (κ3) is 3.22. The summed E-state index contributed by atoms with van der Waals surface area (Å²) >= 11 is 0. The lowest BCUT2D eigenvalue weighted by Crippen LogP contribution is -2.32. The van der Waals surface area contributed by atoms with Crippen LogP contribution in [-0.4, -0.2) is 23.4 Å². The van der Waals surface area contributed by atoms with Gasteiger partial charge in [-0.2, -0.15) is 0 Å². The summed E-state index contributed by atoms with van der Waals surface area (Å²) in [6.45, 7) is 7.46. The van der Waals surface area contributed by atoms with E-state index >= 15 is 0 Å². The van der Waals surface area contributed by atoms with Crippen LogP contribution in [-0.2, 0) is 24.2 Å². The molecule has 6 nitrogen and oxygen atoms in total. The molecule has 0 atom stereocenters. The maximum absolute atomic E-state index is 11.5. The summed E-state index contributed by atoms with van der Waals surface area (Å²) < 4.78 is 10.4. The largest absolute Gasteiger partial charge is 0.444 e. The van der Waals surface area contributed by atoms with Crippen molar-refractivity contribution < 1.29 is 14.1 Å². The van der Waals surface area contributed by atoms with Crippen molar-refractivity contribution >= 4 is 6.09 Å². The number of ether oxygens (including phenoxy) is 1. The summed E-state index contributed by atoms with van der Waals surface area (Å²) in [6.07, 6.45) is 0.400. The van der Waals surface area contributed by atoms with Crippen LogP contribution in [0, 0.1) is 0 Å². The summed E-state index contributed by atoms with van der Waals surface area (Å²) in [5.74, 6) is 0.912. The molecule has 0 fully saturated rings. The zero-order valence-electron chi connectivity index (χ0n) is 11.0. The van der Waals surface area contributed by atoms with Gasteiger partial charge in [0.1, 0.15) is 17.1 Å². The fourth-order valence-corrected chi connectivity index (χ4v) is 1.80. The quantitative estimate of drug-likeness (QED) is 0.832. The molecule has 2 heterocycles. The molecule has 1 aromatic heterocycles. The van der Waals surface area contributed by atoms with E-state index in [4.69, 9.17) is 9.26 Å². The predicted octanol–water partition coefficient (Wildman–Crippen LogP) is 1.34. The molecule has 6 heteroatoms. The van der Waals surface area contributed by atoms with Crippen molar-refractivity contribution in [2.45, 2.75) is 45.9 Å². The van der Waals surface area contributed by atoms with Crippen LogP contribution < -0.4 is 10.6 Å². The highest BCUT2D eigenvalue weighted by atomic mass is 16.6. The molecule has 0 saturated carbocycles. The van der Waals surface area contributed by atoms with Gasteiger partial charge in [-0.05, 0) is 20.8 Å². The molecular weight excluding hydrogens is 234 g/mol. The second-order valence-corrected chi connectivity index (χ2v) is 5.31. The molecule has 2 rings (SSSR count). The van der Waals surface area contributed by atoms with Crippen LogP contribution in [0.1, 0.15) is 37.8 Å². The third-order valence-corrected chi connectivity index (χ3v) is 2.58. The van der Waals surface area contributed by atoms with Crippen molar-refractivity contribution in [3.05, 3.63) is 17.0 Å². The summed E-state index contributed by atoms with van der Waals surface area (Å²) in [7, 11) is 0. The van der Waals surface area contributed by atoms with E-state index in [1.807, 2.05) is 20.8 Å². The molecular formula is C12H19N3O3. The minimum atomic E-state index is -0.491. The lowest BCUT2D eigenvalue weighted by atomic mass is 10.1. The Morgan fingerprint density at radius 2 is 2.33 bits per heavy atom. The topological polar surface area (TPSA) is 76.4 Å². The van der Waals surface area contributed by atoms with E-state index in [9.17, 15) is 4.79 Å². The van der Waals surface area contributed by atoms with Crippen LogP contribution >= 0.6 is 0 Å². The van der Waals surface area contributed by atoms with Crippen molar-refractivity contribution in [2.75, 3.05) is 6.54 Å². The Morgan fingerprint density at radius 3 is 3.06 bits per heavy atom. The minimum absolute atomic E-state index is 0.329. The maximum atomic E-state index is 11.5. The van der Waals surface area contributed by atoms with E-state index in [1.165, 1.54) is 0 Å². The lowest BCUT2D eigenvalue weighted by molar-refractivity contribution is 0.0522. The maximum Gasteiger partial charge on any atom is 0.407 e. The third-order valence-electron chi connectivity index (χ3n) is 2.58. The number of amides is 1. The first-order valence-electron chi connectivity index (χ1n) is 6.09. The standard InChI is InChI=1S/C12H19N3O3/c1-12(2,3)17-11(16)14-7-9-8-6-13-5-4-10(8)18-15-9/h13H,4-7H2,1-3H3,(H,14,16). The Kier molecular flexibility index (Phi) is 3.56. The number of nitrogens with zero attached hydrogens (tertiary/aromatic N) is 1. The van der Waals surface area contributed by atoms with Gasteiger partial charge in [-0.3, -0.25) is 0 Å². The van der Waals surface area contributed by atoms with Crippen LogP contribution in [0.15, 0.2) is 4.52 Å². The number of hydrogen-bond acceptors (Lipinski definition) is 5. The van der Waals surface area contributed by atoms with E-state index in [-0.39, 0.29) is 0 Å².